The minimum absolute atomic E-state index is 0.0786. The van der Waals surface area contributed by atoms with Crippen molar-refractivity contribution in [2.24, 2.45) is 0 Å². The normalized spacial score (nSPS) is 22.2. The summed E-state index contributed by atoms with van der Waals surface area (Å²) in [7, 11) is 0. The van der Waals surface area contributed by atoms with Gasteiger partial charge in [-0.05, 0) is 49.2 Å². The van der Waals surface area contributed by atoms with Crippen LogP contribution in [0.2, 0.25) is 0 Å². The minimum Gasteiger partial charge on any atom is -0.490 e. The average molecular weight is 485 g/mol. The van der Waals surface area contributed by atoms with Crippen LogP contribution in [-0.4, -0.2) is 83.1 Å². The van der Waals surface area contributed by atoms with Crippen LogP contribution in [0.5, 0.6) is 11.5 Å². The number of piperidine rings is 1. The van der Waals surface area contributed by atoms with Crippen LogP contribution in [0.1, 0.15) is 40.7 Å². The van der Waals surface area contributed by atoms with Gasteiger partial charge in [0.15, 0.2) is 0 Å². The molecular formula is C27H33FN2O5. The van der Waals surface area contributed by atoms with E-state index in [1.807, 2.05) is 19.1 Å². The zero-order valence-corrected chi connectivity index (χ0v) is 20.1. The number of nitrogens with zero attached hydrogens (tertiary/aromatic N) is 2. The number of fused-ring (bicyclic) bond motifs is 1. The van der Waals surface area contributed by atoms with Crippen molar-refractivity contribution >= 4 is 5.91 Å². The SMILES string of the molecule is Cc1ccc(C(=O)N2CC[C@H](O)C2)c(OC[C@H](O)CN2CCC3(CC2)Cc2cc(F)ccc2O3)c1. The molecule has 3 aliphatic heterocycles. The molecule has 5 rings (SSSR count). The number of benzene rings is 2. The van der Waals surface area contributed by atoms with Crippen molar-refractivity contribution in [2.45, 2.75) is 50.4 Å². The van der Waals surface area contributed by atoms with E-state index < -0.39 is 12.2 Å². The third-order valence-electron chi connectivity index (χ3n) is 7.35. The van der Waals surface area contributed by atoms with Gasteiger partial charge in [0.25, 0.3) is 5.91 Å². The molecule has 0 aliphatic carbocycles. The molecule has 2 fully saturated rings. The van der Waals surface area contributed by atoms with E-state index in [1.165, 1.54) is 6.07 Å². The van der Waals surface area contributed by atoms with Crippen molar-refractivity contribution in [3.8, 4) is 11.5 Å². The zero-order chi connectivity index (χ0) is 24.6. The molecule has 7 nitrogen and oxygen atoms in total. The molecule has 0 radical (unpaired) electrons. The molecule has 1 amide bonds. The number of carbonyl (C=O) groups excluding carboxylic acids is 1. The summed E-state index contributed by atoms with van der Waals surface area (Å²) in [5.41, 5.74) is 2.06. The van der Waals surface area contributed by atoms with Gasteiger partial charge >= 0.3 is 0 Å². The van der Waals surface area contributed by atoms with Crippen molar-refractivity contribution in [1.82, 2.24) is 9.80 Å². The second kappa shape index (κ2) is 9.76. The lowest BCUT2D eigenvalue weighted by atomic mass is 9.87. The molecule has 0 aromatic heterocycles. The fraction of sp³-hybridized carbons (Fsp3) is 0.519. The molecule has 2 N–H and O–H groups in total. The highest BCUT2D eigenvalue weighted by Gasteiger charge is 2.42. The van der Waals surface area contributed by atoms with Crippen molar-refractivity contribution < 1.29 is 28.9 Å². The number of ether oxygens (including phenoxy) is 2. The van der Waals surface area contributed by atoms with E-state index in [-0.39, 0.29) is 23.9 Å². The smallest absolute Gasteiger partial charge is 0.257 e. The maximum absolute atomic E-state index is 13.6. The first-order valence-corrected chi connectivity index (χ1v) is 12.4. The fourth-order valence-electron chi connectivity index (χ4n) is 5.38. The Morgan fingerprint density at radius 2 is 2.03 bits per heavy atom. The molecule has 0 saturated carbocycles. The quantitative estimate of drug-likeness (QED) is 0.656. The number of carbonyl (C=O) groups is 1. The number of aliphatic hydroxyl groups is 2. The summed E-state index contributed by atoms with van der Waals surface area (Å²) in [6.07, 6.45) is 1.74. The van der Waals surface area contributed by atoms with E-state index in [4.69, 9.17) is 9.47 Å². The van der Waals surface area contributed by atoms with Crippen molar-refractivity contribution in [1.29, 1.82) is 0 Å². The topological polar surface area (TPSA) is 82.5 Å². The fourth-order valence-corrected chi connectivity index (χ4v) is 5.38. The lowest BCUT2D eigenvalue weighted by Gasteiger charge is -2.39. The molecule has 2 aromatic rings. The van der Waals surface area contributed by atoms with Crippen LogP contribution < -0.4 is 9.47 Å². The molecule has 1 spiro atoms. The number of aliphatic hydroxyl groups excluding tert-OH is 2. The number of likely N-dealkylation sites (tertiary alicyclic amines) is 2. The van der Waals surface area contributed by atoms with Crippen molar-refractivity contribution in [2.75, 3.05) is 39.3 Å². The van der Waals surface area contributed by atoms with Crippen LogP contribution in [0.25, 0.3) is 0 Å². The van der Waals surface area contributed by atoms with Crippen LogP contribution in [0, 0.1) is 12.7 Å². The van der Waals surface area contributed by atoms with E-state index in [1.54, 1.807) is 23.1 Å². The van der Waals surface area contributed by atoms with Gasteiger partial charge in [0.2, 0.25) is 0 Å². The largest absolute Gasteiger partial charge is 0.490 e. The first-order valence-electron chi connectivity index (χ1n) is 12.4. The van der Waals surface area contributed by atoms with Gasteiger partial charge < -0.3 is 29.5 Å². The van der Waals surface area contributed by atoms with Gasteiger partial charge in [0.1, 0.15) is 35.6 Å². The summed E-state index contributed by atoms with van der Waals surface area (Å²) >= 11 is 0. The van der Waals surface area contributed by atoms with Gasteiger partial charge in [-0.1, -0.05) is 6.07 Å². The highest BCUT2D eigenvalue weighted by molar-refractivity contribution is 5.97. The van der Waals surface area contributed by atoms with Crippen LogP contribution >= 0.6 is 0 Å². The second-order valence-electron chi connectivity index (χ2n) is 10.2. The highest BCUT2D eigenvalue weighted by Crippen LogP contribution is 2.41. The van der Waals surface area contributed by atoms with Crippen molar-refractivity contribution in [3.63, 3.8) is 0 Å². The van der Waals surface area contributed by atoms with Crippen LogP contribution in [0.15, 0.2) is 36.4 Å². The van der Waals surface area contributed by atoms with Gasteiger partial charge in [-0.25, -0.2) is 4.39 Å². The predicted octanol–water partition coefficient (Wildman–Crippen LogP) is 2.55. The monoisotopic (exact) mass is 484 g/mol. The Hall–Kier alpha value is -2.68. The Morgan fingerprint density at radius 1 is 1.23 bits per heavy atom. The Kier molecular flexibility index (Phi) is 6.70. The van der Waals surface area contributed by atoms with Crippen molar-refractivity contribution in [3.05, 3.63) is 58.9 Å². The van der Waals surface area contributed by atoms with E-state index in [0.29, 0.717) is 37.4 Å². The van der Waals surface area contributed by atoms with E-state index in [9.17, 15) is 19.4 Å². The average Bonchev–Trinajstić information content (AvgIpc) is 3.42. The molecule has 3 aliphatic rings. The first kappa shape index (κ1) is 24.0. The maximum Gasteiger partial charge on any atom is 0.257 e. The minimum atomic E-state index is -0.711. The zero-order valence-electron chi connectivity index (χ0n) is 20.1. The van der Waals surface area contributed by atoms with E-state index in [0.717, 1.165) is 49.2 Å². The Balaban J connectivity index is 1.13. The summed E-state index contributed by atoms with van der Waals surface area (Å²) in [5, 5.41) is 20.4. The number of amides is 1. The number of hydrogen-bond acceptors (Lipinski definition) is 6. The number of halogens is 1. The van der Waals surface area contributed by atoms with Gasteiger partial charge in [-0.2, -0.15) is 0 Å². The summed E-state index contributed by atoms with van der Waals surface area (Å²) < 4.78 is 25.7. The lowest BCUT2D eigenvalue weighted by Crippen LogP contribution is -2.49. The molecule has 8 heteroatoms. The molecule has 35 heavy (non-hydrogen) atoms. The van der Waals surface area contributed by atoms with Crippen LogP contribution in [-0.2, 0) is 6.42 Å². The maximum atomic E-state index is 13.6. The molecule has 3 heterocycles. The molecule has 0 bridgehead atoms. The van der Waals surface area contributed by atoms with Gasteiger partial charge in [-0.3, -0.25) is 4.79 Å². The highest BCUT2D eigenvalue weighted by atomic mass is 19.1. The third kappa shape index (κ3) is 5.29. The number of β-amino-alcohol motifs (C(OH)–C–C–N with tert-alkyl or cyclic N) is 2. The molecular weight excluding hydrogens is 451 g/mol. The van der Waals surface area contributed by atoms with E-state index in [2.05, 4.69) is 4.90 Å². The first-order chi connectivity index (χ1) is 16.8. The molecule has 0 unspecified atom stereocenters. The summed E-state index contributed by atoms with van der Waals surface area (Å²) in [4.78, 5) is 16.8. The molecule has 2 aromatic carbocycles. The third-order valence-corrected chi connectivity index (χ3v) is 7.35. The lowest BCUT2D eigenvalue weighted by molar-refractivity contribution is -0.00202. The van der Waals surface area contributed by atoms with Gasteiger partial charge in [0, 0.05) is 57.5 Å². The number of hydrogen-bond donors (Lipinski definition) is 2. The van der Waals surface area contributed by atoms with Gasteiger partial charge in [-0.15, -0.1) is 0 Å². The van der Waals surface area contributed by atoms with Gasteiger partial charge in [0.05, 0.1) is 11.7 Å². The Labute approximate surface area is 205 Å². The Bertz CT molecular complexity index is 1090. The van der Waals surface area contributed by atoms with Crippen LogP contribution in [0.4, 0.5) is 4.39 Å². The number of aryl methyl sites for hydroxylation is 1. The summed E-state index contributed by atoms with van der Waals surface area (Å²) in [6.45, 7) is 4.88. The number of rotatable bonds is 6. The van der Waals surface area contributed by atoms with E-state index >= 15 is 0 Å². The summed E-state index contributed by atoms with van der Waals surface area (Å²) in [5.74, 6) is 0.837. The van der Waals surface area contributed by atoms with Crippen LogP contribution in [0.3, 0.4) is 0 Å². The predicted molar refractivity (Wildman–Crippen MR) is 128 cm³/mol. The summed E-state index contributed by atoms with van der Waals surface area (Å²) in [6, 6.07) is 10.1. The molecule has 188 valence electrons. The second-order valence-corrected chi connectivity index (χ2v) is 10.2. The molecule has 2 atom stereocenters. The standard InChI is InChI=1S/C27H33FN2O5/c1-18-2-4-23(26(33)30-9-6-21(31)16-30)25(12-18)34-17-22(32)15-29-10-7-27(8-11-29)14-19-13-20(28)3-5-24(19)35-27/h2-5,12-13,21-22,31-32H,6-11,14-17H2,1H3/t21-,22+/m0/s1. The molecule has 2 saturated heterocycles. The Morgan fingerprint density at radius 3 is 2.77 bits per heavy atom.